The van der Waals surface area contributed by atoms with Crippen molar-refractivity contribution in [3.05, 3.63) is 63.8 Å². The minimum absolute atomic E-state index is 0.0127. The summed E-state index contributed by atoms with van der Waals surface area (Å²) in [5.41, 5.74) is -2.32. The zero-order valence-corrected chi connectivity index (χ0v) is 20.1. The second kappa shape index (κ2) is 9.42. The van der Waals surface area contributed by atoms with Crippen molar-refractivity contribution in [1.29, 1.82) is 0 Å². The Morgan fingerprint density at radius 1 is 1.16 bits per heavy atom. The van der Waals surface area contributed by atoms with Gasteiger partial charge in [0.15, 0.2) is 23.2 Å². The standard InChI is InChI=1S/C24H21F5N4O5/c1-23-11-32-21(33(23)5-6-36-12-23)19(35-2)20(31-22(32)34)37-10-13-7-15(25)18(16(26)8-13)38-14-3-4-30-17(9-14)24(27,28)29/h3-4,7-9H,5-6,10-12H2,1-2H3/t23-/m1/s1. The topological polar surface area (TPSA) is 87.9 Å². The Labute approximate surface area is 212 Å². The average Bonchev–Trinajstić information content (AvgIpc) is 3.18. The van der Waals surface area contributed by atoms with Gasteiger partial charge in [0.05, 0.1) is 32.4 Å². The van der Waals surface area contributed by atoms with E-state index < -0.39 is 52.8 Å². The number of hydrogen-bond acceptors (Lipinski definition) is 8. The predicted octanol–water partition coefficient (Wildman–Crippen LogP) is 3.92. The smallest absolute Gasteiger partial charge is 0.433 e. The molecule has 202 valence electrons. The van der Waals surface area contributed by atoms with E-state index in [-0.39, 0.29) is 17.2 Å². The van der Waals surface area contributed by atoms with Crippen molar-refractivity contribution in [2.24, 2.45) is 0 Å². The summed E-state index contributed by atoms with van der Waals surface area (Å²) >= 11 is 0. The highest BCUT2D eigenvalue weighted by atomic mass is 19.4. The number of benzene rings is 1. The van der Waals surface area contributed by atoms with Crippen molar-refractivity contribution in [2.75, 3.05) is 31.8 Å². The van der Waals surface area contributed by atoms with Crippen LogP contribution in [0.5, 0.6) is 23.1 Å². The fraction of sp³-hybridized carbons (Fsp3) is 0.375. The zero-order chi connectivity index (χ0) is 27.2. The molecule has 2 aliphatic rings. The molecule has 0 spiro atoms. The normalized spacial score (nSPS) is 18.7. The van der Waals surface area contributed by atoms with Gasteiger partial charge in [0.2, 0.25) is 5.75 Å². The third kappa shape index (κ3) is 4.59. The van der Waals surface area contributed by atoms with Crippen LogP contribution in [0.15, 0.2) is 35.3 Å². The van der Waals surface area contributed by atoms with Crippen molar-refractivity contribution in [1.82, 2.24) is 14.5 Å². The van der Waals surface area contributed by atoms with E-state index in [2.05, 4.69) is 9.97 Å². The summed E-state index contributed by atoms with van der Waals surface area (Å²) in [7, 11) is 1.39. The molecule has 1 saturated heterocycles. The summed E-state index contributed by atoms with van der Waals surface area (Å²) in [5, 5.41) is 0. The largest absolute Gasteiger partial charge is 0.489 e. The summed E-state index contributed by atoms with van der Waals surface area (Å²) in [4.78, 5) is 21.9. The first-order chi connectivity index (χ1) is 18.0. The number of aromatic nitrogens is 3. The fourth-order valence-corrected chi connectivity index (χ4v) is 4.52. The number of alkyl halides is 3. The zero-order valence-electron chi connectivity index (χ0n) is 20.1. The van der Waals surface area contributed by atoms with Gasteiger partial charge in [0.25, 0.3) is 5.88 Å². The Kier molecular flexibility index (Phi) is 6.37. The molecule has 2 aromatic heterocycles. The van der Waals surface area contributed by atoms with Gasteiger partial charge < -0.3 is 23.8 Å². The first-order valence-electron chi connectivity index (χ1n) is 11.4. The van der Waals surface area contributed by atoms with E-state index in [1.54, 1.807) is 0 Å². The third-order valence-electron chi connectivity index (χ3n) is 6.24. The van der Waals surface area contributed by atoms with E-state index in [4.69, 9.17) is 18.9 Å². The van der Waals surface area contributed by atoms with Gasteiger partial charge >= 0.3 is 11.9 Å². The number of nitrogens with zero attached hydrogens (tertiary/aromatic N) is 4. The number of ether oxygens (including phenoxy) is 4. The molecule has 0 saturated carbocycles. The van der Waals surface area contributed by atoms with E-state index in [0.29, 0.717) is 38.2 Å². The Morgan fingerprint density at radius 3 is 2.58 bits per heavy atom. The number of methoxy groups -OCH3 is 1. The molecule has 3 aromatic rings. The molecular weight excluding hydrogens is 519 g/mol. The van der Waals surface area contributed by atoms with Crippen LogP contribution < -0.4 is 24.8 Å². The second-order valence-electron chi connectivity index (χ2n) is 9.00. The molecule has 0 bridgehead atoms. The highest BCUT2D eigenvalue weighted by Gasteiger charge is 2.46. The quantitative estimate of drug-likeness (QED) is 0.435. The minimum Gasteiger partial charge on any atom is -0.489 e. The second-order valence-corrected chi connectivity index (χ2v) is 9.00. The Bertz CT molecular complexity index is 1420. The van der Waals surface area contributed by atoms with Crippen molar-refractivity contribution < 1.29 is 40.9 Å². The molecule has 0 aliphatic carbocycles. The molecule has 1 atom stereocenters. The van der Waals surface area contributed by atoms with Gasteiger partial charge in [-0.2, -0.15) is 18.2 Å². The number of halogens is 5. The van der Waals surface area contributed by atoms with Crippen molar-refractivity contribution >= 4 is 5.82 Å². The molecule has 14 heteroatoms. The van der Waals surface area contributed by atoms with E-state index in [9.17, 15) is 26.7 Å². The molecule has 0 N–H and O–H groups in total. The van der Waals surface area contributed by atoms with Gasteiger partial charge in [-0.15, -0.1) is 0 Å². The van der Waals surface area contributed by atoms with Gasteiger partial charge in [-0.3, -0.25) is 9.55 Å². The highest BCUT2D eigenvalue weighted by Crippen LogP contribution is 2.44. The van der Waals surface area contributed by atoms with Crippen molar-refractivity contribution in [3.8, 4) is 23.1 Å². The Morgan fingerprint density at radius 2 is 1.89 bits per heavy atom. The fourth-order valence-electron chi connectivity index (χ4n) is 4.52. The first-order valence-corrected chi connectivity index (χ1v) is 11.4. The van der Waals surface area contributed by atoms with Gasteiger partial charge in [-0.1, -0.05) is 0 Å². The van der Waals surface area contributed by atoms with Crippen LogP contribution in [0.1, 0.15) is 18.2 Å². The molecule has 0 amide bonds. The van der Waals surface area contributed by atoms with Crippen LogP contribution in [-0.2, 0) is 24.1 Å². The molecular formula is C24H21F5N4O5. The molecule has 38 heavy (non-hydrogen) atoms. The number of morpholine rings is 1. The van der Waals surface area contributed by atoms with Gasteiger partial charge in [-0.05, 0) is 30.7 Å². The monoisotopic (exact) mass is 540 g/mol. The van der Waals surface area contributed by atoms with Crippen LogP contribution in [0.2, 0.25) is 0 Å². The Hall–Kier alpha value is -3.94. The van der Waals surface area contributed by atoms with Crippen molar-refractivity contribution in [2.45, 2.75) is 31.8 Å². The Balaban J connectivity index is 1.38. The van der Waals surface area contributed by atoms with Gasteiger partial charge in [0, 0.05) is 18.8 Å². The number of pyridine rings is 1. The molecule has 0 radical (unpaired) electrons. The van der Waals surface area contributed by atoms with Crippen LogP contribution in [0.4, 0.5) is 27.8 Å². The third-order valence-corrected chi connectivity index (χ3v) is 6.24. The molecule has 9 nitrogen and oxygen atoms in total. The summed E-state index contributed by atoms with van der Waals surface area (Å²) in [6.07, 6.45) is -3.94. The number of fused-ring (bicyclic) bond motifs is 3. The molecule has 5 rings (SSSR count). The SMILES string of the molecule is COc1c(OCc2cc(F)c(Oc3ccnc(C(F)(F)F)c3)c(F)c2)nc(=O)n2c1N1CCOC[C@@]1(C)C2. The van der Waals surface area contributed by atoms with Crippen LogP contribution in [0.25, 0.3) is 0 Å². The lowest BCUT2D eigenvalue weighted by atomic mass is 10.0. The summed E-state index contributed by atoms with van der Waals surface area (Å²) in [6.45, 7) is 3.25. The first kappa shape index (κ1) is 25.7. The molecule has 4 heterocycles. The predicted molar refractivity (Wildman–Crippen MR) is 122 cm³/mol. The molecule has 1 aromatic carbocycles. The number of anilines is 1. The lowest BCUT2D eigenvalue weighted by Gasteiger charge is -2.39. The van der Waals surface area contributed by atoms with E-state index in [1.165, 1.54) is 11.7 Å². The van der Waals surface area contributed by atoms with Crippen LogP contribution in [-0.4, -0.2) is 46.9 Å². The average molecular weight is 540 g/mol. The van der Waals surface area contributed by atoms with Gasteiger partial charge in [-0.25, -0.2) is 13.6 Å². The van der Waals surface area contributed by atoms with Crippen LogP contribution >= 0.6 is 0 Å². The maximum atomic E-state index is 14.7. The summed E-state index contributed by atoms with van der Waals surface area (Å²) in [6, 6.07) is 3.36. The minimum atomic E-state index is -4.76. The molecule has 2 aliphatic heterocycles. The summed E-state index contributed by atoms with van der Waals surface area (Å²) in [5.74, 6) is -3.18. The maximum absolute atomic E-state index is 14.7. The molecule has 0 unspecified atom stereocenters. The van der Waals surface area contributed by atoms with E-state index in [1.807, 2.05) is 11.8 Å². The number of rotatable bonds is 6. The summed E-state index contributed by atoms with van der Waals surface area (Å²) < 4.78 is 91.2. The van der Waals surface area contributed by atoms with Crippen LogP contribution in [0.3, 0.4) is 0 Å². The van der Waals surface area contributed by atoms with Gasteiger partial charge in [0.1, 0.15) is 18.1 Å². The maximum Gasteiger partial charge on any atom is 0.433 e. The lowest BCUT2D eigenvalue weighted by Crippen LogP contribution is -2.53. The van der Waals surface area contributed by atoms with Crippen molar-refractivity contribution in [3.63, 3.8) is 0 Å². The van der Waals surface area contributed by atoms with Crippen LogP contribution in [0, 0.1) is 11.6 Å². The molecule has 1 fully saturated rings. The number of hydrogen-bond donors (Lipinski definition) is 0. The lowest BCUT2D eigenvalue weighted by molar-refractivity contribution is -0.141. The van der Waals surface area contributed by atoms with E-state index in [0.717, 1.165) is 24.4 Å². The highest BCUT2D eigenvalue weighted by molar-refractivity contribution is 5.62. The van der Waals surface area contributed by atoms with E-state index >= 15 is 0 Å².